The van der Waals surface area contributed by atoms with E-state index in [1.807, 2.05) is 0 Å². The highest BCUT2D eigenvalue weighted by molar-refractivity contribution is 8.00. The molecular weight excluding hydrogens is 314 g/mol. The first kappa shape index (κ1) is 15.6. The van der Waals surface area contributed by atoms with E-state index in [9.17, 15) is 9.59 Å². The van der Waals surface area contributed by atoms with E-state index < -0.39 is 11.9 Å². The summed E-state index contributed by atoms with van der Waals surface area (Å²) in [5, 5.41) is 8.80. The molecule has 2 heterocycles. The number of hydrogen-bond donors (Lipinski definition) is 1. The lowest BCUT2D eigenvalue weighted by atomic mass is 10.3. The molecule has 0 bridgehead atoms. The molecular formula is C13H13NO5S2. The third-order valence-corrected chi connectivity index (χ3v) is 4.89. The minimum Gasteiger partial charge on any atom is -0.481 e. The minimum absolute atomic E-state index is 0.0166. The molecule has 112 valence electrons. The molecule has 8 heteroatoms. The van der Waals surface area contributed by atoms with Crippen molar-refractivity contribution in [3.05, 3.63) is 34.2 Å². The maximum atomic E-state index is 11.3. The Morgan fingerprint density at radius 3 is 2.90 bits per heavy atom. The fraction of sp³-hybridized carbons (Fsp3) is 0.308. The van der Waals surface area contributed by atoms with Crippen molar-refractivity contribution in [1.82, 2.24) is 4.98 Å². The standard InChI is InChI=1S/C13H13NO5S2/c1-7-10(5-11(15)16)21-13(14-7)20-6-8-3-4-9(19-8)12(17)18-2/h3-4H,5-6H2,1-2H3,(H,15,16). The number of ether oxygens (including phenoxy) is 1. The van der Waals surface area contributed by atoms with Crippen LogP contribution >= 0.6 is 23.1 Å². The van der Waals surface area contributed by atoms with Gasteiger partial charge in [-0.15, -0.1) is 11.3 Å². The van der Waals surface area contributed by atoms with Gasteiger partial charge in [-0.1, -0.05) is 11.8 Å². The predicted molar refractivity (Wildman–Crippen MR) is 77.8 cm³/mol. The van der Waals surface area contributed by atoms with Gasteiger partial charge in [-0.25, -0.2) is 9.78 Å². The Balaban J connectivity index is 1.98. The van der Waals surface area contributed by atoms with Crippen LogP contribution in [0, 0.1) is 6.92 Å². The van der Waals surface area contributed by atoms with Crippen molar-refractivity contribution < 1.29 is 23.8 Å². The molecule has 0 aromatic carbocycles. The van der Waals surface area contributed by atoms with E-state index in [2.05, 4.69) is 9.72 Å². The number of carbonyl (C=O) groups excluding carboxylic acids is 1. The number of thiazole rings is 1. The van der Waals surface area contributed by atoms with E-state index in [4.69, 9.17) is 9.52 Å². The molecule has 21 heavy (non-hydrogen) atoms. The number of aliphatic carboxylic acids is 1. The molecule has 1 N–H and O–H groups in total. The van der Waals surface area contributed by atoms with E-state index in [0.29, 0.717) is 11.5 Å². The number of esters is 1. The lowest BCUT2D eigenvalue weighted by Crippen LogP contribution is -1.99. The normalized spacial score (nSPS) is 10.6. The van der Waals surface area contributed by atoms with Crippen LogP contribution in [0.15, 0.2) is 20.9 Å². The van der Waals surface area contributed by atoms with Crippen LogP contribution in [-0.2, 0) is 21.7 Å². The number of rotatable bonds is 6. The van der Waals surface area contributed by atoms with Crippen LogP contribution in [0.5, 0.6) is 0 Å². The predicted octanol–water partition coefficient (Wildman–Crippen LogP) is 2.75. The molecule has 0 aliphatic carbocycles. The Bertz CT molecular complexity index is 661. The minimum atomic E-state index is -0.868. The summed E-state index contributed by atoms with van der Waals surface area (Å²) in [6.45, 7) is 1.79. The molecule has 0 aliphatic heterocycles. The molecule has 6 nitrogen and oxygen atoms in total. The molecule has 2 aromatic rings. The number of aryl methyl sites for hydroxylation is 1. The van der Waals surface area contributed by atoms with Crippen molar-refractivity contribution in [2.24, 2.45) is 0 Å². The average molecular weight is 327 g/mol. The summed E-state index contributed by atoms with van der Waals surface area (Å²) in [5.41, 5.74) is 0.736. The zero-order chi connectivity index (χ0) is 15.4. The topological polar surface area (TPSA) is 89.6 Å². The van der Waals surface area contributed by atoms with Gasteiger partial charge in [0.2, 0.25) is 5.76 Å². The summed E-state index contributed by atoms with van der Waals surface area (Å²) < 4.78 is 10.7. The van der Waals surface area contributed by atoms with Gasteiger partial charge in [0.05, 0.1) is 25.0 Å². The zero-order valence-electron chi connectivity index (χ0n) is 11.4. The molecule has 0 saturated heterocycles. The Hall–Kier alpha value is -1.80. The van der Waals surface area contributed by atoms with Gasteiger partial charge < -0.3 is 14.3 Å². The number of furan rings is 1. The quantitative estimate of drug-likeness (QED) is 0.644. The van der Waals surface area contributed by atoms with E-state index in [0.717, 1.165) is 14.9 Å². The first-order valence-corrected chi connectivity index (χ1v) is 7.77. The van der Waals surface area contributed by atoms with Gasteiger partial charge in [-0.05, 0) is 19.1 Å². The lowest BCUT2D eigenvalue weighted by Gasteiger charge is -1.95. The number of hydrogen-bond acceptors (Lipinski definition) is 7. The van der Waals surface area contributed by atoms with E-state index in [1.165, 1.54) is 30.2 Å². The first-order chi connectivity index (χ1) is 9.99. The number of carboxylic acids is 1. The van der Waals surface area contributed by atoms with Crippen LogP contribution in [0.1, 0.15) is 26.9 Å². The van der Waals surface area contributed by atoms with E-state index in [1.54, 1.807) is 19.1 Å². The van der Waals surface area contributed by atoms with Crippen molar-refractivity contribution >= 4 is 35.0 Å². The number of aromatic nitrogens is 1. The van der Waals surface area contributed by atoms with Crippen LogP contribution in [0.4, 0.5) is 0 Å². The third-order valence-electron chi connectivity index (χ3n) is 2.57. The maximum absolute atomic E-state index is 11.3. The molecule has 0 fully saturated rings. The van der Waals surface area contributed by atoms with Gasteiger partial charge >= 0.3 is 11.9 Å². The van der Waals surface area contributed by atoms with Crippen LogP contribution in [0.2, 0.25) is 0 Å². The summed E-state index contributed by atoms with van der Waals surface area (Å²) in [6, 6.07) is 3.27. The Labute approximate surface area is 129 Å². The highest BCUT2D eigenvalue weighted by Crippen LogP contribution is 2.30. The van der Waals surface area contributed by atoms with Gasteiger partial charge in [-0.3, -0.25) is 4.79 Å². The highest BCUT2D eigenvalue weighted by Gasteiger charge is 2.14. The van der Waals surface area contributed by atoms with Crippen molar-refractivity contribution in [2.45, 2.75) is 23.4 Å². The molecule has 0 saturated carbocycles. The van der Waals surface area contributed by atoms with Crippen LogP contribution in [0.3, 0.4) is 0 Å². The van der Waals surface area contributed by atoms with Gasteiger partial charge in [0.25, 0.3) is 0 Å². The Morgan fingerprint density at radius 2 is 2.24 bits per heavy atom. The van der Waals surface area contributed by atoms with Gasteiger partial charge in [0.15, 0.2) is 4.34 Å². The van der Waals surface area contributed by atoms with E-state index in [-0.39, 0.29) is 12.2 Å². The monoisotopic (exact) mass is 327 g/mol. The summed E-state index contributed by atoms with van der Waals surface area (Å²) >= 11 is 2.80. The Kier molecular flexibility index (Phi) is 5.03. The smallest absolute Gasteiger partial charge is 0.373 e. The van der Waals surface area contributed by atoms with Crippen molar-refractivity contribution in [1.29, 1.82) is 0 Å². The maximum Gasteiger partial charge on any atom is 0.373 e. The SMILES string of the molecule is COC(=O)c1ccc(CSc2nc(C)c(CC(=O)O)s2)o1. The number of carbonyl (C=O) groups is 2. The van der Waals surface area contributed by atoms with E-state index >= 15 is 0 Å². The third kappa shape index (κ3) is 4.08. The highest BCUT2D eigenvalue weighted by atomic mass is 32.2. The number of carboxylic acid groups (broad SMARTS) is 1. The van der Waals surface area contributed by atoms with Crippen LogP contribution < -0.4 is 0 Å². The summed E-state index contributed by atoms with van der Waals surface area (Å²) in [4.78, 5) is 27.1. The largest absolute Gasteiger partial charge is 0.481 e. The average Bonchev–Trinajstić information content (AvgIpc) is 3.03. The molecule has 0 aliphatic rings. The van der Waals surface area contributed by atoms with Crippen molar-refractivity contribution in [3.8, 4) is 0 Å². The molecule has 2 rings (SSSR count). The lowest BCUT2D eigenvalue weighted by molar-refractivity contribution is -0.136. The molecule has 0 spiro atoms. The van der Waals surface area contributed by atoms with Gasteiger partial charge in [0, 0.05) is 4.88 Å². The molecule has 0 amide bonds. The number of methoxy groups -OCH3 is 1. The second-order valence-corrected chi connectivity index (χ2v) is 6.41. The summed E-state index contributed by atoms with van der Waals surface area (Å²) in [5.74, 6) is -0.0774. The Morgan fingerprint density at radius 1 is 1.48 bits per heavy atom. The molecule has 2 aromatic heterocycles. The van der Waals surface area contributed by atoms with Gasteiger partial charge in [-0.2, -0.15) is 0 Å². The van der Waals surface area contributed by atoms with Crippen molar-refractivity contribution in [3.63, 3.8) is 0 Å². The van der Waals surface area contributed by atoms with Crippen LogP contribution in [0.25, 0.3) is 0 Å². The fourth-order valence-corrected chi connectivity index (χ4v) is 3.68. The summed E-state index contributed by atoms with van der Waals surface area (Å²) in [6.07, 6.45) is -0.0166. The fourth-order valence-electron chi connectivity index (χ4n) is 1.56. The van der Waals surface area contributed by atoms with Gasteiger partial charge in [0.1, 0.15) is 5.76 Å². The second kappa shape index (κ2) is 6.77. The van der Waals surface area contributed by atoms with Crippen molar-refractivity contribution in [2.75, 3.05) is 7.11 Å². The summed E-state index contributed by atoms with van der Waals surface area (Å²) in [7, 11) is 1.29. The first-order valence-electron chi connectivity index (χ1n) is 5.97. The molecule has 0 unspecified atom stereocenters. The number of nitrogens with zero attached hydrogens (tertiary/aromatic N) is 1. The van der Waals surface area contributed by atoms with Crippen LogP contribution in [-0.4, -0.2) is 29.1 Å². The second-order valence-electron chi connectivity index (χ2n) is 4.11. The zero-order valence-corrected chi connectivity index (χ0v) is 13.0. The molecule has 0 atom stereocenters. The number of thioether (sulfide) groups is 1. The molecule has 0 radical (unpaired) electrons.